The van der Waals surface area contributed by atoms with Crippen LogP contribution in [-0.2, 0) is 11.2 Å². The standard InChI is InChI=1S/C17H16N4O2/c1-23-14-8-6-13(7-9-14)10-17(22)20-15-4-2-3-5-16(15)21-12-18-11-19-21/h2-9,11-12H,10H2,1H3,(H,20,22). The summed E-state index contributed by atoms with van der Waals surface area (Å²) in [6.45, 7) is 0. The number of rotatable bonds is 5. The van der Waals surface area contributed by atoms with Crippen molar-refractivity contribution in [2.75, 3.05) is 12.4 Å². The Morgan fingerprint density at radius 3 is 2.65 bits per heavy atom. The van der Waals surface area contributed by atoms with Crippen LogP contribution >= 0.6 is 0 Å². The monoisotopic (exact) mass is 308 g/mol. The second-order valence-electron chi connectivity index (χ2n) is 4.93. The summed E-state index contributed by atoms with van der Waals surface area (Å²) in [6, 6.07) is 14.9. The molecule has 0 bridgehead atoms. The molecule has 116 valence electrons. The summed E-state index contributed by atoms with van der Waals surface area (Å²) < 4.78 is 6.72. The summed E-state index contributed by atoms with van der Waals surface area (Å²) in [4.78, 5) is 16.2. The Labute approximate surface area is 133 Å². The highest BCUT2D eigenvalue weighted by Crippen LogP contribution is 2.19. The summed E-state index contributed by atoms with van der Waals surface area (Å²) in [5.74, 6) is 0.674. The van der Waals surface area contributed by atoms with Crippen molar-refractivity contribution in [3.8, 4) is 11.4 Å². The lowest BCUT2D eigenvalue weighted by molar-refractivity contribution is -0.115. The quantitative estimate of drug-likeness (QED) is 0.786. The lowest BCUT2D eigenvalue weighted by Crippen LogP contribution is -2.16. The van der Waals surface area contributed by atoms with E-state index in [0.29, 0.717) is 5.69 Å². The van der Waals surface area contributed by atoms with E-state index in [1.807, 2.05) is 48.5 Å². The van der Waals surface area contributed by atoms with Crippen molar-refractivity contribution in [2.24, 2.45) is 0 Å². The molecule has 0 spiro atoms. The number of hydrogen-bond acceptors (Lipinski definition) is 4. The number of nitrogens with one attached hydrogen (secondary N) is 1. The van der Waals surface area contributed by atoms with Gasteiger partial charge >= 0.3 is 0 Å². The number of carbonyl (C=O) groups excluding carboxylic acids is 1. The van der Waals surface area contributed by atoms with Crippen molar-refractivity contribution in [1.82, 2.24) is 14.8 Å². The predicted octanol–water partition coefficient (Wildman–Crippen LogP) is 2.46. The third-order valence-electron chi connectivity index (χ3n) is 3.37. The number of anilines is 1. The van der Waals surface area contributed by atoms with E-state index in [1.165, 1.54) is 6.33 Å². The fourth-order valence-corrected chi connectivity index (χ4v) is 2.23. The lowest BCUT2D eigenvalue weighted by Gasteiger charge is -2.10. The maximum Gasteiger partial charge on any atom is 0.228 e. The van der Waals surface area contributed by atoms with Crippen LogP contribution in [0.1, 0.15) is 5.56 Å². The van der Waals surface area contributed by atoms with E-state index >= 15 is 0 Å². The van der Waals surface area contributed by atoms with Gasteiger partial charge in [0.2, 0.25) is 5.91 Å². The molecule has 6 heteroatoms. The van der Waals surface area contributed by atoms with Crippen LogP contribution in [-0.4, -0.2) is 27.8 Å². The number of para-hydroxylation sites is 2. The van der Waals surface area contributed by atoms with Crippen LogP contribution in [0.25, 0.3) is 5.69 Å². The number of nitrogens with zero attached hydrogens (tertiary/aromatic N) is 3. The summed E-state index contributed by atoms with van der Waals surface area (Å²) in [6.07, 6.45) is 3.33. The van der Waals surface area contributed by atoms with Gasteiger partial charge in [0.1, 0.15) is 18.4 Å². The third-order valence-corrected chi connectivity index (χ3v) is 3.37. The van der Waals surface area contributed by atoms with Crippen molar-refractivity contribution in [1.29, 1.82) is 0 Å². The third kappa shape index (κ3) is 3.55. The van der Waals surface area contributed by atoms with Gasteiger partial charge in [0, 0.05) is 0 Å². The van der Waals surface area contributed by atoms with Crippen molar-refractivity contribution >= 4 is 11.6 Å². The highest BCUT2D eigenvalue weighted by atomic mass is 16.5. The fourth-order valence-electron chi connectivity index (χ4n) is 2.23. The van der Waals surface area contributed by atoms with Crippen molar-refractivity contribution < 1.29 is 9.53 Å². The Kier molecular flexibility index (Phi) is 4.33. The summed E-state index contributed by atoms with van der Waals surface area (Å²) in [7, 11) is 1.61. The highest BCUT2D eigenvalue weighted by molar-refractivity contribution is 5.94. The van der Waals surface area contributed by atoms with Crippen LogP contribution in [0.3, 0.4) is 0 Å². The van der Waals surface area contributed by atoms with Crippen LogP contribution in [0.4, 0.5) is 5.69 Å². The largest absolute Gasteiger partial charge is 0.497 e. The Morgan fingerprint density at radius 1 is 1.17 bits per heavy atom. The first-order chi connectivity index (χ1) is 11.3. The first-order valence-electron chi connectivity index (χ1n) is 7.13. The van der Waals surface area contributed by atoms with E-state index in [2.05, 4.69) is 15.4 Å². The molecular formula is C17H16N4O2. The highest BCUT2D eigenvalue weighted by Gasteiger charge is 2.09. The summed E-state index contributed by atoms with van der Waals surface area (Å²) >= 11 is 0. The van der Waals surface area contributed by atoms with Crippen LogP contribution in [0.5, 0.6) is 5.75 Å². The van der Waals surface area contributed by atoms with Gasteiger partial charge in [0.25, 0.3) is 0 Å². The number of methoxy groups -OCH3 is 1. The molecule has 0 saturated carbocycles. The van der Waals surface area contributed by atoms with Gasteiger partial charge in [0.15, 0.2) is 0 Å². The molecule has 0 aliphatic rings. The van der Waals surface area contributed by atoms with E-state index in [1.54, 1.807) is 18.1 Å². The molecule has 1 heterocycles. The summed E-state index contributed by atoms with van der Waals surface area (Å²) in [5.41, 5.74) is 2.38. The molecule has 0 saturated heterocycles. The molecule has 1 N–H and O–H groups in total. The minimum atomic E-state index is -0.0947. The van der Waals surface area contributed by atoms with Crippen LogP contribution in [0.2, 0.25) is 0 Å². The maximum atomic E-state index is 12.3. The normalized spacial score (nSPS) is 10.3. The Hall–Kier alpha value is -3.15. The molecule has 0 radical (unpaired) electrons. The van der Waals surface area contributed by atoms with Crippen molar-refractivity contribution in [2.45, 2.75) is 6.42 Å². The molecule has 0 aliphatic heterocycles. The van der Waals surface area contributed by atoms with Crippen LogP contribution < -0.4 is 10.1 Å². The van der Waals surface area contributed by atoms with Gasteiger partial charge < -0.3 is 10.1 Å². The molecule has 1 aromatic heterocycles. The van der Waals surface area contributed by atoms with Crippen molar-refractivity contribution in [3.05, 3.63) is 66.7 Å². The van der Waals surface area contributed by atoms with Gasteiger partial charge in [0.05, 0.1) is 24.9 Å². The topological polar surface area (TPSA) is 69.0 Å². The van der Waals surface area contributed by atoms with Gasteiger partial charge in [-0.15, -0.1) is 0 Å². The maximum absolute atomic E-state index is 12.3. The van der Waals surface area contributed by atoms with Gasteiger partial charge in [-0.3, -0.25) is 4.79 Å². The second-order valence-corrected chi connectivity index (χ2v) is 4.93. The number of amides is 1. The zero-order valence-corrected chi connectivity index (χ0v) is 12.6. The fraction of sp³-hybridized carbons (Fsp3) is 0.118. The SMILES string of the molecule is COc1ccc(CC(=O)Nc2ccccc2-n2cncn2)cc1. The van der Waals surface area contributed by atoms with E-state index in [4.69, 9.17) is 4.74 Å². The number of carbonyl (C=O) groups is 1. The minimum absolute atomic E-state index is 0.0947. The Balaban J connectivity index is 1.73. The number of benzene rings is 2. The average molecular weight is 308 g/mol. The molecule has 3 rings (SSSR count). The van der Waals surface area contributed by atoms with E-state index in [0.717, 1.165) is 17.0 Å². The molecule has 0 atom stereocenters. The molecule has 0 unspecified atom stereocenters. The smallest absolute Gasteiger partial charge is 0.228 e. The number of ether oxygens (including phenoxy) is 1. The van der Waals surface area contributed by atoms with Gasteiger partial charge in [-0.05, 0) is 29.8 Å². The van der Waals surface area contributed by atoms with Gasteiger partial charge in [-0.1, -0.05) is 24.3 Å². The molecule has 1 amide bonds. The first-order valence-corrected chi connectivity index (χ1v) is 7.13. The zero-order valence-electron chi connectivity index (χ0n) is 12.6. The predicted molar refractivity (Wildman–Crippen MR) is 86.7 cm³/mol. The van der Waals surface area contributed by atoms with Crippen molar-refractivity contribution in [3.63, 3.8) is 0 Å². The number of hydrogen-bond donors (Lipinski definition) is 1. The summed E-state index contributed by atoms with van der Waals surface area (Å²) in [5, 5.41) is 7.01. The van der Waals surface area contributed by atoms with Crippen LogP contribution in [0, 0.1) is 0 Å². The molecule has 2 aromatic carbocycles. The molecular weight excluding hydrogens is 292 g/mol. The molecule has 0 aliphatic carbocycles. The Bertz CT molecular complexity index is 783. The molecule has 6 nitrogen and oxygen atoms in total. The van der Waals surface area contributed by atoms with Crippen LogP contribution in [0.15, 0.2) is 61.2 Å². The molecule has 0 fully saturated rings. The molecule has 23 heavy (non-hydrogen) atoms. The minimum Gasteiger partial charge on any atom is -0.497 e. The zero-order chi connectivity index (χ0) is 16.1. The second kappa shape index (κ2) is 6.74. The van der Waals surface area contributed by atoms with Gasteiger partial charge in [-0.25, -0.2) is 9.67 Å². The van der Waals surface area contributed by atoms with Gasteiger partial charge in [-0.2, -0.15) is 5.10 Å². The average Bonchev–Trinajstić information content (AvgIpc) is 3.10. The van der Waals surface area contributed by atoms with E-state index in [-0.39, 0.29) is 12.3 Å². The Morgan fingerprint density at radius 2 is 1.96 bits per heavy atom. The lowest BCUT2D eigenvalue weighted by atomic mass is 10.1. The molecule has 3 aromatic rings. The van der Waals surface area contributed by atoms with E-state index in [9.17, 15) is 4.79 Å². The number of aromatic nitrogens is 3. The first kappa shape index (κ1) is 14.8. The van der Waals surface area contributed by atoms with E-state index < -0.39 is 0 Å².